The Labute approximate surface area is 305 Å². The molecule has 13 heteroatoms. The lowest BCUT2D eigenvalue weighted by Gasteiger charge is -2.55. The predicted octanol–water partition coefficient (Wildman–Crippen LogP) is 4.74. The Morgan fingerprint density at radius 3 is 2.40 bits per heavy atom. The zero-order chi connectivity index (χ0) is 36.3. The number of benzene rings is 4. The van der Waals surface area contributed by atoms with E-state index in [2.05, 4.69) is 20.5 Å². The zero-order valence-corrected chi connectivity index (χ0v) is 28.7. The molecule has 0 spiro atoms. The van der Waals surface area contributed by atoms with Crippen LogP contribution in [0.5, 0.6) is 5.75 Å². The fourth-order valence-corrected chi connectivity index (χ4v) is 7.07. The maximum Gasteiger partial charge on any atom is 0.334 e. The van der Waals surface area contributed by atoms with Gasteiger partial charge < -0.3 is 24.6 Å². The zero-order valence-electron chi connectivity index (χ0n) is 28.7. The second-order valence-corrected chi connectivity index (χ2v) is 13.1. The molecule has 4 heterocycles. The molecule has 0 radical (unpaired) electrons. The van der Waals surface area contributed by atoms with Gasteiger partial charge in [-0.3, -0.25) is 14.6 Å². The molecule has 266 valence electrons. The minimum absolute atomic E-state index is 0.0275. The number of rotatable bonds is 9. The van der Waals surface area contributed by atoms with E-state index in [1.807, 2.05) is 91.0 Å². The largest absolute Gasteiger partial charge is 0.508 e. The molecule has 4 aromatic carbocycles. The third kappa shape index (κ3) is 7.02. The first kappa shape index (κ1) is 33.5. The average molecular weight is 709 g/mol. The molecule has 2 saturated heterocycles. The highest BCUT2D eigenvalue weighted by Crippen LogP contribution is 2.31. The van der Waals surface area contributed by atoms with Crippen LogP contribution in [0.15, 0.2) is 126 Å². The summed E-state index contributed by atoms with van der Waals surface area (Å²) in [4.78, 5) is 51.0. The summed E-state index contributed by atoms with van der Waals surface area (Å²) < 4.78 is 6.03. The van der Waals surface area contributed by atoms with Crippen molar-refractivity contribution in [3.8, 4) is 17.2 Å². The molecule has 6 aromatic rings. The third-order valence-electron chi connectivity index (χ3n) is 9.59. The number of nitrogens with zero attached hydrogens (tertiary/aromatic N) is 7. The maximum atomic E-state index is 14.5. The minimum atomic E-state index is -0.932. The van der Waals surface area contributed by atoms with E-state index >= 15 is 0 Å². The summed E-state index contributed by atoms with van der Waals surface area (Å²) in [5, 5.41) is 25.5. The van der Waals surface area contributed by atoms with Crippen LogP contribution < -0.4 is 5.32 Å². The molecule has 2 atom stereocenters. The number of aromatic nitrogens is 3. The van der Waals surface area contributed by atoms with Crippen molar-refractivity contribution in [1.29, 1.82) is 0 Å². The van der Waals surface area contributed by atoms with E-state index in [-0.39, 0.29) is 62.6 Å². The summed E-state index contributed by atoms with van der Waals surface area (Å²) in [6, 6.07) is 33.7. The predicted molar refractivity (Wildman–Crippen MR) is 194 cm³/mol. The smallest absolute Gasteiger partial charge is 0.334 e. The molecule has 2 aromatic heterocycles. The normalized spacial score (nSPS) is 17.6. The van der Waals surface area contributed by atoms with E-state index in [4.69, 9.17) is 4.42 Å². The number of nitrogens with one attached hydrogen (secondary N) is 1. The van der Waals surface area contributed by atoms with Crippen LogP contribution in [0.1, 0.15) is 22.6 Å². The lowest BCUT2D eigenvalue weighted by molar-refractivity contribution is -0.193. The van der Waals surface area contributed by atoms with Crippen molar-refractivity contribution < 1.29 is 23.9 Å². The lowest BCUT2D eigenvalue weighted by atomic mass is 9.98. The van der Waals surface area contributed by atoms with Crippen molar-refractivity contribution in [3.63, 3.8) is 0 Å². The molecule has 0 bridgehead atoms. The Morgan fingerprint density at radius 1 is 0.830 bits per heavy atom. The highest BCUT2D eigenvalue weighted by molar-refractivity contribution is 5.92. The van der Waals surface area contributed by atoms with Crippen LogP contribution in [0.2, 0.25) is 0 Å². The number of carbonyl (C=O) groups excluding carboxylic acids is 3. The SMILES string of the molecule is O=C1[C@H](Cc2ccc(O)cc2)N2C(=O)CN(Cc3nnc(-c4ccccc4)o3)N(C(=O)NCc3ccccc3)[C@H]2CN1Cc1cccc2ncccc12. The molecule has 2 aliphatic rings. The molecule has 2 fully saturated rings. The summed E-state index contributed by atoms with van der Waals surface area (Å²) in [6.07, 6.45) is 1.03. The van der Waals surface area contributed by atoms with Crippen molar-refractivity contribution in [2.24, 2.45) is 0 Å². The van der Waals surface area contributed by atoms with Crippen LogP contribution in [0.3, 0.4) is 0 Å². The summed E-state index contributed by atoms with van der Waals surface area (Å²) in [5.41, 5.74) is 4.08. The summed E-state index contributed by atoms with van der Waals surface area (Å²) in [7, 11) is 0. The Morgan fingerprint density at radius 2 is 1.60 bits per heavy atom. The Hall–Kier alpha value is -6.60. The molecule has 4 amide bonds. The lowest BCUT2D eigenvalue weighted by Crippen LogP contribution is -2.76. The van der Waals surface area contributed by atoms with Gasteiger partial charge in [0.2, 0.25) is 23.6 Å². The van der Waals surface area contributed by atoms with E-state index < -0.39 is 18.2 Å². The van der Waals surface area contributed by atoms with Gasteiger partial charge in [0.1, 0.15) is 18.0 Å². The maximum absolute atomic E-state index is 14.5. The van der Waals surface area contributed by atoms with Gasteiger partial charge in [-0.15, -0.1) is 10.2 Å². The van der Waals surface area contributed by atoms with E-state index in [0.717, 1.165) is 33.2 Å². The molecule has 8 rings (SSSR count). The topological polar surface area (TPSA) is 148 Å². The van der Waals surface area contributed by atoms with E-state index in [1.54, 1.807) is 40.4 Å². The number of pyridine rings is 1. The second kappa shape index (κ2) is 14.6. The van der Waals surface area contributed by atoms with Crippen molar-refractivity contribution >= 4 is 28.7 Å². The van der Waals surface area contributed by atoms with E-state index in [1.165, 1.54) is 9.91 Å². The van der Waals surface area contributed by atoms with Gasteiger partial charge in [0.05, 0.1) is 25.2 Å². The second-order valence-electron chi connectivity index (χ2n) is 13.1. The molecule has 0 unspecified atom stereocenters. The van der Waals surface area contributed by atoms with E-state index in [9.17, 15) is 19.5 Å². The number of phenols is 1. The Kier molecular flexibility index (Phi) is 9.21. The van der Waals surface area contributed by atoms with E-state index in [0.29, 0.717) is 5.89 Å². The first-order valence-electron chi connectivity index (χ1n) is 17.4. The number of carbonyl (C=O) groups is 3. The highest BCUT2D eigenvalue weighted by atomic mass is 16.4. The number of piperazine rings is 1. The monoisotopic (exact) mass is 708 g/mol. The molecule has 2 aliphatic heterocycles. The number of fused-ring (bicyclic) bond motifs is 2. The number of phenolic OH excluding ortho intramolecular Hbond substituents is 1. The highest BCUT2D eigenvalue weighted by Gasteiger charge is 2.51. The van der Waals surface area contributed by atoms with Gasteiger partial charge in [0.25, 0.3) is 0 Å². The summed E-state index contributed by atoms with van der Waals surface area (Å²) >= 11 is 0. The van der Waals surface area contributed by atoms with Crippen LogP contribution in [-0.2, 0) is 35.6 Å². The third-order valence-corrected chi connectivity index (χ3v) is 9.59. The van der Waals surface area contributed by atoms with Crippen LogP contribution in [-0.4, -0.2) is 83.2 Å². The first-order valence-corrected chi connectivity index (χ1v) is 17.4. The number of hydrazine groups is 1. The number of hydrogen-bond donors (Lipinski definition) is 2. The van der Waals surface area contributed by atoms with Gasteiger partial charge in [-0.1, -0.05) is 78.9 Å². The number of urea groups is 1. The fraction of sp³-hybridized carbons (Fsp3) is 0.200. The number of aromatic hydroxyl groups is 1. The first-order chi connectivity index (χ1) is 25.9. The van der Waals surface area contributed by atoms with Crippen molar-refractivity contribution in [2.75, 3.05) is 13.1 Å². The van der Waals surface area contributed by atoms with Gasteiger partial charge in [-0.2, -0.15) is 5.01 Å². The molecule has 13 nitrogen and oxygen atoms in total. The van der Waals surface area contributed by atoms with Crippen molar-refractivity contribution in [3.05, 3.63) is 144 Å². The molecule has 2 N–H and O–H groups in total. The van der Waals surface area contributed by atoms with Crippen LogP contribution in [0, 0.1) is 0 Å². The Bertz CT molecular complexity index is 2240. The molecule has 0 saturated carbocycles. The standard InChI is InChI=1S/C40H36N8O5/c49-31-18-16-27(17-19-31)21-34-39(51)45(23-30-13-7-15-33-32(30)14-8-20-41-33)25-36-47(34)37(50)26-46(48(36)40(52)42-22-28-9-3-1-4-10-28)24-35-43-44-38(53-35)29-11-5-2-6-12-29/h1-20,34,36,49H,21-26H2,(H,42,52)/t34-,36-/m0/s1. The minimum Gasteiger partial charge on any atom is -0.508 e. The number of amides is 4. The quantitative estimate of drug-likeness (QED) is 0.217. The van der Waals surface area contributed by atoms with Crippen LogP contribution in [0.4, 0.5) is 4.79 Å². The van der Waals surface area contributed by atoms with Crippen molar-refractivity contribution in [2.45, 2.75) is 38.3 Å². The fourth-order valence-electron chi connectivity index (χ4n) is 7.07. The molecular weight excluding hydrogens is 672 g/mol. The van der Waals surface area contributed by atoms with Crippen LogP contribution in [0.25, 0.3) is 22.4 Å². The molecular formula is C40H36N8O5. The summed E-state index contributed by atoms with van der Waals surface area (Å²) in [6.45, 7) is 0.274. The van der Waals surface area contributed by atoms with Gasteiger partial charge in [-0.25, -0.2) is 9.80 Å². The summed E-state index contributed by atoms with van der Waals surface area (Å²) in [5.74, 6) is 0.0644. The van der Waals surface area contributed by atoms with Gasteiger partial charge in [-0.05, 0) is 53.1 Å². The number of hydrogen-bond acceptors (Lipinski definition) is 9. The molecule has 53 heavy (non-hydrogen) atoms. The van der Waals surface area contributed by atoms with Crippen LogP contribution >= 0.6 is 0 Å². The molecule has 0 aliphatic carbocycles. The average Bonchev–Trinajstić information content (AvgIpc) is 3.66. The van der Waals surface area contributed by atoms with Gasteiger partial charge in [0.15, 0.2) is 0 Å². The van der Waals surface area contributed by atoms with Gasteiger partial charge >= 0.3 is 6.03 Å². The van der Waals surface area contributed by atoms with Gasteiger partial charge in [0, 0.05) is 36.7 Å². The Balaban J connectivity index is 1.16. The van der Waals surface area contributed by atoms with Crippen molar-refractivity contribution in [1.82, 2.24) is 40.3 Å².